The molecule has 5 heteroatoms. The zero-order valence-electron chi connectivity index (χ0n) is 10.2. The number of hydrogen-bond donors (Lipinski definition) is 1. The minimum Gasteiger partial charge on any atom is -0.486 e. The van der Waals surface area contributed by atoms with Gasteiger partial charge in [0.25, 0.3) is 0 Å². The number of aromatic nitrogens is 2. The predicted molar refractivity (Wildman–Crippen MR) is 67.2 cm³/mol. The van der Waals surface area contributed by atoms with E-state index in [0.717, 1.165) is 28.7 Å². The molecule has 0 atom stereocenters. The lowest BCUT2D eigenvalue weighted by Crippen LogP contribution is -2.15. The Balaban J connectivity index is 2.03. The second-order valence-electron chi connectivity index (χ2n) is 4.18. The zero-order chi connectivity index (χ0) is 12.5. The topological polar surface area (TPSA) is 62.3 Å². The Morgan fingerprint density at radius 1 is 1.28 bits per heavy atom. The molecule has 0 radical (unpaired) electrons. The summed E-state index contributed by atoms with van der Waals surface area (Å²) in [4.78, 5) is 4.38. The smallest absolute Gasteiger partial charge is 0.163 e. The first-order valence-corrected chi connectivity index (χ1v) is 5.93. The average Bonchev–Trinajstić information content (AvgIpc) is 2.79. The first kappa shape index (κ1) is 11.1. The van der Waals surface area contributed by atoms with Gasteiger partial charge in [0.1, 0.15) is 19.0 Å². The van der Waals surface area contributed by atoms with Gasteiger partial charge in [-0.05, 0) is 19.1 Å². The van der Waals surface area contributed by atoms with Gasteiger partial charge in [-0.2, -0.15) is 0 Å². The van der Waals surface area contributed by atoms with Gasteiger partial charge in [0.05, 0.1) is 11.4 Å². The molecule has 0 saturated carbocycles. The van der Waals surface area contributed by atoms with Crippen LogP contribution >= 0.6 is 0 Å². The molecular weight excluding hydrogens is 230 g/mol. The highest BCUT2D eigenvalue weighted by molar-refractivity contribution is 5.50. The molecule has 1 aliphatic rings. The van der Waals surface area contributed by atoms with Crippen LogP contribution in [0.4, 0.5) is 0 Å². The van der Waals surface area contributed by atoms with Crippen molar-refractivity contribution in [1.82, 2.24) is 9.55 Å². The Bertz CT molecular complexity index is 578. The van der Waals surface area contributed by atoms with Gasteiger partial charge >= 0.3 is 0 Å². The van der Waals surface area contributed by atoms with Crippen LogP contribution in [-0.4, -0.2) is 22.8 Å². The highest BCUT2D eigenvalue weighted by Crippen LogP contribution is 2.32. The summed E-state index contributed by atoms with van der Waals surface area (Å²) in [6.07, 6.45) is 1.95. The molecule has 0 fully saturated rings. The maximum Gasteiger partial charge on any atom is 0.163 e. The molecule has 0 amide bonds. The first-order valence-electron chi connectivity index (χ1n) is 5.93. The summed E-state index contributed by atoms with van der Waals surface area (Å²) in [5, 5.41) is 0. The molecule has 0 aliphatic carbocycles. The van der Waals surface area contributed by atoms with E-state index in [2.05, 4.69) is 4.98 Å². The van der Waals surface area contributed by atoms with Crippen molar-refractivity contribution in [3.63, 3.8) is 0 Å². The van der Waals surface area contributed by atoms with Crippen LogP contribution in [0.1, 0.15) is 11.5 Å². The molecule has 0 spiro atoms. The van der Waals surface area contributed by atoms with E-state index in [1.54, 1.807) is 0 Å². The molecule has 2 heterocycles. The zero-order valence-corrected chi connectivity index (χ0v) is 10.2. The van der Waals surface area contributed by atoms with E-state index in [1.807, 2.05) is 35.9 Å². The van der Waals surface area contributed by atoms with E-state index in [9.17, 15) is 0 Å². The minimum absolute atomic E-state index is 0.443. The standard InChI is InChI=1S/C13H15N3O2/c1-9-15-10(7-14)8-16(9)11-2-3-12-13(6-11)18-5-4-17-12/h2-3,6,8H,4-5,7,14H2,1H3. The third-order valence-corrected chi connectivity index (χ3v) is 2.95. The van der Waals surface area contributed by atoms with Gasteiger partial charge in [0, 0.05) is 18.8 Å². The number of benzene rings is 1. The molecular formula is C13H15N3O2. The first-order chi connectivity index (χ1) is 8.78. The number of nitrogens with zero attached hydrogens (tertiary/aromatic N) is 2. The SMILES string of the molecule is Cc1nc(CN)cn1-c1ccc2c(c1)OCCO2. The maximum absolute atomic E-state index is 5.60. The summed E-state index contributed by atoms with van der Waals surface area (Å²) in [5.74, 6) is 2.48. The molecule has 5 nitrogen and oxygen atoms in total. The van der Waals surface area contributed by atoms with Crippen molar-refractivity contribution < 1.29 is 9.47 Å². The van der Waals surface area contributed by atoms with E-state index in [0.29, 0.717) is 19.8 Å². The Labute approximate surface area is 105 Å². The highest BCUT2D eigenvalue weighted by atomic mass is 16.6. The summed E-state index contributed by atoms with van der Waals surface area (Å²) in [7, 11) is 0. The van der Waals surface area contributed by atoms with Crippen molar-refractivity contribution >= 4 is 0 Å². The van der Waals surface area contributed by atoms with Crippen LogP contribution in [0.15, 0.2) is 24.4 Å². The predicted octanol–water partition coefficient (Wildman–Crippen LogP) is 1.41. The lowest BCUT2D eigenvalue weighted by atomic mass is 10.2. The molecule has 94 valence electrons. The second-order valence-corrected chi connectivity index (χ2v) is 4.18. The molecule has 2 N–H and O–H groups in total. The Morgan fingerprint density at radius 2 is 2.06 bits per heavy atom. The van der Waals surface area contributed by atoms with E-state index < -0.39 is 0 Å². The van der Waals surface area contributed by atoms with Crippen molar-refractivity contribution in [1.29, 1.82) is 0 Å². The molecule has 18 heavy (non-hydrogen) atoms. The number of nitrogens with two attached hydrogens (primary N) is 1. The lowest BCUT2D eigenvalue weighted by molar-refractivity contribution is 0.171. The number of rotatable bonds is 2. The molecule has 1 aromatic carbocycles. The molecule has 0 saturated heterocycles. The van der Waals surface area contributed by atoms with Crippen molar-refractivity contribution in [2.45, 2.75) is 13.5 Å². The quantitative estimate of drug-likeness (QED) is 0.869. The fraction of sp³-hybridized carbons (Fsp3) is 0.308. The van der Waals surface area contributed by atoms with Gasteiger partial charge in [-0.25, -0.2) is 4.98 Å². The number of imidazole rings is 1. The lowest BCUT2D eigenvalue weighted by Gasteiger charge is -2.19. The fourth-order valence-corrected chi connectivity index (χ4v) is 2.07. The van der Waals surface area contributed by atoms with Crippen LogP contribution in [0.5, 0.6) is 11.5 Å². The minimum atomic E-state index is 0.443. The van der Waals surface area contributed by atoms with Crippen molar-refractivity contribution in [2.24, 2.45) is 5.73 Å². The van der Waals surface area contributed by atoms with E-state index in [1.165, 1.54) is 0 Å². The Kier molecular flexibility index (Phi) is 2.68. The van der Waals surface area contributed by atoms with E-state index >= 15 is 0 Å². The average molecular weight is 245 g/mol. The number of hydrogen-bond acceptors (Lipinski definition) is 4. The Hall–Kier alpha value is -2.01. The van der Waals surface area contributed by atoms with Crippen LogP contribution in [0.25, 0.3) is 5.69 Å². The van der Waals surface area contributed by atoms with Crippen LogP contribution in [0.3, 0.4) is 0 Å². The number of aryl methyl sites for hydroxylation is 1. The molecule has 1 aliphatic heterocycles. The monoisotopic (exact) mass is 245 g/mol. The highest BCUT2D eigenvalue weighted by Gasteiger charge is 2.13. The van der Waals surface area contributed by atoms with Crippen molar-refractivity contribution in [3.8, 4) is 17.2 Å². The van der Waals surface area contributed by atoms with Gasteiger partial charge in [-0.3, -0.25) is 0 Å². The van der Waals surface area contributed by atoms with Gasteiger partial charge in [0.15, 0.2) is 11.5 Å². The summed E-state index contributed by atoms with van der Waals surface area (Å²) >= 11 is 0. The summed E-state index contributed by atoms with van der Waals surface area (Å²) < 4.78 is 13.1. The van der Waals surface area contributed by atoms with Crippen LogP contribution in [0.2, 0.25) is 0 Å². The van der Waals surface area contributed by atoms with Crippen molar-refractivity contribution in [3.05, 3.63) is 35.9 Å². The van der Waals surface area contributed by atoms with Crippen LogP contribution < -0.4 is 15.2 Å². The third kappa shape index (κ3) is 1.82. The Morgan fingerprint density at radius 3 is 2.78 bits per heavy atom. The van der Waals surface area contributed by atoms with Crippen LogP contribution in [0, 0.1) is 6.92 Å². The molecule has 0 bridgehead atoms. The normalized spacial score (nSPS) is 13.7. The molecule has 1 aromatic heterocycles. The summed E-state index contributed by atoms with van der Waals surface area (Å²) in [6.45, 7) is 3.59. The van der Waals surface area contributed by atoms with Gasteiger partial charge in [-0.15, -0.1) is 0 Å². The van der Waals surface area contributed by atoms with Gasteiger partial charge < -0.3 is 19.8 Å². The fourth-order valence-electron chi connectivity index (χ4n) is 2.07. The maximum atomic E-state index is 5.60. The summed E-state index contributed by atoms with van der Waals surface area (Å²) in [5.41, 5.74) is 7.48. The van der Waals surface area contributed by atoms with E-state index in [4.69, 9.17) is 15.2 Å². The van der Waals surface area contributed by atoms with Crippen LogP contribution in [-0.2, 0) is 6.54 Å². The molecule has 3 rings (SSSR count). The van der Waals surface area contributed by atoms with E-state index in [-0.39, 0.29) is 0 Å². The number of fused-ring (bicyclic) bond motifs is 1. The molecule has 0 unspecified atom stereocenters. The second kappa shape index (κ2) is 4.34. The number of ether oxygens (including phenoxy) is 2. The third-order valence-electron chi connectivity index (χ3n) is 2.95. The summed E-state index contributed by atoms with van der Waals surface area (Å²) in [6, 6.07) is 5.87. The van der Waals surface area contributed by atoms with Gasteiger partial charge in [-0.1, -0.05) is 0 Å². The largest absolute Gasteiger partial charge is 0.486 e. The van der Waals surface area contributed by atoms with Gasteiger partial charge in [0.2, 0.25) is 0 Å². The molecule has 2 aromatic rings. The van der Waals surface area contributed by atoms with Crippen molar-refractivity contribution in [2.75, 3.05) is 13.2 Å².